The lowest BCUT2D eigenvalue weighted by Crippen LogP contribution is -2.33. The molecule has 2 aromatic rings. The van der Waals surface area contributed by atoms with Crippen molar-refractivity contribution in [2.24, 2.45) is 0 Å². The lowest BCUT2D eigenvalue weighted by molar-refractivity contribution is 0.0516. The summed E-state index contributed by atoms with van der Waals surface area (Å²) in [5.41, 5.74) is 1.75. The summed E-state index contributed by atoms with van der Waals surface area (Å²) in [6.45, 7) is 4.15. The topological polar surface area (TPSA) is 105 Å². The zero-order valence-electron chi connectivity index (χ0n) is 15.8. The number of likely N-dealkylation sites (tertiary alicyclic amines) is 1. The molecule has 8 nitrogen and oxygen atoms in total. The van der Waals surface area contributed by atoms with Crippen molar-refractivity contribution in [3.8, 4) is 0 Å². The van der Waals surface area contributed by atoms with Gasteiger partial charge >= 0.3 is 5.97 Å². The number of carbonyl (C=O) groups is 1. The van der Waals surface area contributed by atoms with Gasteiger partial charge in [-0.1, -0.05) is 11.6 Å². The van der Waals surface area contributed by atoms with Gasteiger partial charge in [0.2, 0.25) is 0 Å². The number of esters is 1. The van der Waals surface area contributed by atoms with Gasteiger partial charge < -0.3 is 4.74 Å². The highest BCUT2D eigenvalue weighted by Crippen LogP contribution is 2.32. The molecule has 0 aromatic carbocycles. The number of ether oxygens (including phenoxy) is 1. The Labute approximate surface area is 169 Å². The molecule has 10 heteroatoms. The number of carbonyl (C=O) groups excluding carboxylic acids is 1. The number of rotatable bonds is 6. The summed E-state index contributed by atoms with van der Waals surface area (Å²) in [7, 11) is -3.40. The minimum Gasteiger partial charge on any atom is -0.461 e. The van der Waals surface area contributed by atoms with E-state index in [9.17, 15) is 13.2 Å². The number of sulfone groups is 1. The first-order valence-corrected chi connectivity index (χ1v) is 11.3. The van der Waals surface area contributed by atoms with E-state index in [4.69, 9.17) is 16.3 Å². The van der Waals surface area contributed by atoms with Crippen LogP contribution in [0.4, 0.5) is 0 Å². The maximum absolute atomic E-state index is 12.1. The smallest absolute Gasteiger partial charge is 0.356 e. The third-order valence-electron chi connectivity index (χ3n) is 4.81. The van der Waals surface area contributed by atoms with Crippen molar-refractivity contribution in [1.29, 1.82) is 0 Å². The van der Waals surface area contributed by atoms with E-state index >= 15 is 0 Å². The highest BCUT2D eigenvalue weighted by atomic mass is 35.5. The van der Waals surface area contributed by atoms with Crippen molar-refractivity contribution < 1.29 is 17.9 Å². The second-order valence-electron chi connectivity index (χ2n) is 6.85. The average Bonchev–Trinajstić information content (AvgIpc) is 3.10. The van der Waals surface area contributed by atoms with Crippen molar-refractivity contribution in [2.45, 2.75) is 37.1 Å². The van der Waals surface area contributed by atoms with E-state index in [2.05, 4.69) is 20.1 Å². The van der Waals surface area contributed by atoms with Crippen LogP contribution in [-0.4, -0.2) is 60.4 Å². The van der Waals surface area contributed by atoms with Crippen LogP contribution in [0.1, 0.15) is 47.4 Å². The quantitative estimate of drug-likeness (QED) is 0.707. The first-order chi connectivity index (χ1) is 13.3. The molecule has 1 saturated heterocycles. The number of aromatic nitrogens is 3. The molecular formula is C18H23ClN4O4S. The van der Waals surface area contributed by atoms with Crippen molar-refractivity contribution in [3.05, 3.63) is 40.4 Å². The fraction of sp³-hybridized carbons (Fsp3) is 0.500. The predicted molar refractivity (Wildman–Crippen MR) is 104 cm³/mol. The number of hydrogen-bond donors (Lipinski definition) is 1. The third-order valence-corrected chi connectivity index (χ3v) is 6.15. The molecule has 152 valence electrons. The molecule has 3 heterocycles. The van der Waals surface area contributed by atoms with Gasteiger partial charge in [0, 0.05) is 30.5 Å². The number of nitrogens with one attached hydrogen (secondary N) is 1. The molecule has 0 unspecified atom stereocenters. The fourth-order valence-corrected chi connectivity index (χ4v) is 4.61. The molecule has 0 amide bonds. The summed E-state index contributed by atoms with van der Waals surface area (Å²) in [4.78, 5) is 18.7. The SMILES string of the molecule is CCOC(=O)c1[nH]ncc1CN1CCC(c2ncc(Cl)cc2S(C)(=O)=O)CC1. The summed E-state index contributed by atoms with van der Waals surface area (Å²) in [5.74, 6) is -0.361. The highest BCUT2D eigenvalue weighted by molar-refractivity contribution is 7.90. The Bertz CT molecular complexity index is 952. The second kappa shape index (κ2) is 8.59. The lowest BCUT2D eigenvalue weighted by Gasteiger charge is -2.32. The monoisotopic (exact) mass is 426 g/mol. The Morgan fingerprint density at radius 2 is 2.07 bits per heavy atom. The van der Waals surface area contributed by atoms with E-state index in [1.54, 1.807) is 13.1 Å². The molecular weight excluding hydrogens is 404 g/mol. The van der Waals surface area contributed by atoms with E-state index < -0.39 is 15.8 Å². The fourth-order valence-electron chi connectivity index (χ4n) is 3.45. The Morgan fingerprint density at radius 3 is 2.71 bits per heavy atom. The van der Waals surface area contributed by atoms with Crippen LogP contribution in [0.2, 0.25) is 5.02 Å². The number of halogens is 1. The van der Waals surface area contributed by atoms with Crippen molar-refractivity contribution in [1.82, 2.24) is 20.1 Å². The van der Waals surface area contributed by atoms with Gasteiger partial charge in [-0.3, -0.25) is 15.0 Å². The van der Waals surface area contributed by atoms with Crippen LogP contribution in [0.3, 0.4) is 0 Å². The Hall–Kier alpha value is -1.97. The first kappa shape index (κ1) is 20.8. The molecule has 28 heavy (non-hydrogen) atoms. The molecule has 1 N–H and O–H groups in total. The largest absolute Gasteiger partial charge is 0.461 e. The molecule has 0 atom stereocenters. The minimum atomic E-state index is -3.40. The molecule has 1 aliphatic heterocycles. The summed E-state index contributed by atoms with van der Waals surface area (Å²) >= 11 is 5.95. The third kappa shape index (κ3) is 4.71. The van der Waals surface area contributed by atoms with Crippen LogP contribution in [-0.2, 0) is 21.1 Å². The second-order valence-corrected chi connectivity index (χ2v) is 9.27. The van der Waals surface area contributed by atoms with Crippen molar-refractivity contribution in [3.63, 3.8) is 0 Å². The molecule has 0 radical (unpaired) electrons. The molecule has 0 spiro atoms. The van der Waals surface area contributed by atoms with Gasteiger partial charge in [-0.25, -0.2) is 13.2 Å². The Morgan fingerprint density at radius 1 is 1.36 bits per heavy atom. The number of hydrogen-bond acceptors (Lipinski definition) is 7. The summed E-state index contributed by atoms with van der Waals surface area (Å²) in [6, 6.07) is 1.47. The molecule has 0 bridgehead atoms. The van der Waals surface area contributed by atoms with Crippen molar-refractivity contribution >= 4 is 27.4 Å². The van der Waals surface area contributed by atoms with E-state index in [1.165, 1.54) is 18.5 Å². The van der Waals surface area contributed by atoms with Gasteiger partial charge in [0.05, 0.1) is 28.4 Å². The Balaban J connectivity index is 1.68. The number of H-pyrrole nitrogens is 1. The van der Waals surface area contributed by atoms with Crippen LogP contribution in [0, 0.1) is 0 Å². The summed E-state index contributed by atoms with van der Waals surface area (Å²) < 4.78 is 29.3. The molecule has 1 fully saturated rings. The van der Waals surface area contributed by atoms with Crippen LogP contribution in [0.25, 0.3) is 0 Å². The first-order valence-electron chi connectivity index (χ1n) is 9.06. The van der Waals surface area contributed by atoms with E-state index in [1.807, 2.05) is 0 Å². The van der Waals surface area contributed by atoms with Crippen LogP contribution >= 0.6 is 11.6 Å². The molecule has 0 saturated carbocycles. The van der Waals surface area contributed by atoms with Crippen LogP contribution in [0.5, 0.6) is 0 Å². The zero-order valence-corrected chi connectivity index (χ0v) is 17.4. The van der Waals surface area contributed by atoms with Crippen LogP contribution < -0.4 is 0 Å². The van der Waals surface area contributed by atoms with Crippen LogP contribution in [0.15, 0.2) is 23.4 Å². The lowest BCUT2D eigenvalue weighted by atomic mass is 9.92. The number of pyridine rings is 1. The van der Waals surface area contributed by atoms with E-state index in [0.717, 1.165) is 31.5 Å². The molecule has 2 aromatic heterocycles. The number of nitrogens with zero attached hydrogens (tertiary/aromatic N) is 3. The van der Waals surface area contributed by atoms with Gasteiger partial charge in [0.1, 0.15) is 5.69 Å². The maximum Gasteiger partial charge on any atom is 0.356 e. The van der Waals surface area contributed by atoms with E-state index in [-0.39, 0.29) is 10.8 Å². The number of aromatic amines is 1. The molecule has 1 aliphatic rings. The van der Waals surface area contributed by atoms with Gasteiger partial charge in [0.25, 0.3) is 0 Å². The standard InChI is InChI=1S/C18H23ClN4O4S/c1-3-27-18(24)17-13(9-21-22-17)11-23-6-4-12(5-7-23)16-15(28(2,25)26)8-14(19)10-20-16/h8-10,12H,3-7,11H2,1-2H3,(H,21,22). The predicted octanol–water partition coefficient (Wildman–Crippen LogP) is 2.42. The molecule has 3 rings (SSSR count). The minimum absolute atomic E-state index is 0.0483. The van der Waals surface area contributed by atoms with E-state index in [0.29, 0.717) is 29.6 Å². The summed E-state index contributed by atoms with van der Waals surface area (Å²) in [5, 5.41) is 6.98. The number of piperidine rings is 1. The van der Waals surface area contributed by atoms with Gasteiger partial charge in [-0.2, -0.15) is 5.10 Å². The maximum atomic E-state index is 12.1. The summed E-state index contributed by atoms with van der Waals surface area (Å²) in [6.07, 6.45) is 5.85. The molecule has 0 aliphatic carbocycles. The average molecular weight is 427 g/mol. The Kier molecular flexibility index (Phi) is 6.36. The van der Waals surface area contributed by atoms with Gasteiger partial charge in [0.15, 0.2) is 9.84 Å². The van der Waals surface area contributed by atoms with Crippen molar-refractivity contribution in [2.75, 3.05) is 26.0 Å². The highest BCUT2D eigenvalue weighted by Gasteiger charge is 2.28. The van der Waals surface area contributed by atoms with Gasteiger partial charge in [-0.15, -0.1) is 0 Å². The zero-order chi connectivity index (χ0) is 20.3. The van der Waals surface area contributed by atoms with Gasteiger partial charge in [-0.05, 0) is 38.9 Å². The normalized spacial score (nSPS) is 16.2.